The van der Waals surface area contributed by atoms with Crippen LogP contribution in [0.5, 0.6) is 0 Å². The molecule has 69 heavy (non-hydrogen) atoms. The molecule has 0 N–H and O–H groups in total. The minimum Gasteiger partial charge on any atom is -0.309 e. The molecule has 0 bridgehead atoms. The van der Waals surface area contributed by atoms with Crippen LogP contribution in [0.2, 0.25) is 0 Å². The Morgan fingerprint density at radius 1 is 0.203 bits per heavy atom. The summed E-state index contributed by atoms with van der Waals surface area (Å²) in [6.45, 7) is 0. The van der Waals surface area contributed by atoms with E-state index in [2.05, 4.69) is 275 Å². The Hall–Kier alpha value is -9.18. The van der Waals surface area contributed by atoms with E-state index in [1.165, 1.54) is 110 Å². The number of fused-ring (bicyclic) bond motifs is 10. The summed E-state index contributed by atoms with van der Waals surface area (Å²) in [6.07, 6.45) is 0. The van der Waals surface area contributed by atoms with Gasteiger partial charge in [0.05, 0.1) is 50.2 Å². The molecule has 0 aliphatic carbocycles. The van der Waals surface area contributed by atoms with Gasteiger partial charge < -0.3 is 13.7 Å². The van der Waals surface area contributed by atoms with E-state index in [-0.39, 0.29) is 0 Å². The summed E-state index contributed by atoms with van der Waals surface area (Å²) < 4.78 is 7.49. The highest BCUT2D eigenvalue weighted by molar-refractivity contribution is 6.26. The Morgan fingerprint density at radius 2 is 0.638 bits per heavy atom. The van der Waals surface area contributed by atoms with Gasteiger partial charge in [0.15, 0.2) is 0 Å². The minimum atomic E-state index is 1.14. The molecule has 3 aromatic heterocycles. The van der Waals surface area contributed by atoms with Crippen molar-refractivity contribution in [3.63, 3.8) is 0 Å². The molecule has 322 valence electrons. The second kappa shape index (κ2) is 15.7. The van der Waals surface area contributed by atoms with Gasteiger partial charge in [-0.3, -0.25) is 0 Å². The quantitative estimate of drug-likeness (QED) is 0.152. The van der Waals surface area contributed by atoms with E-state index in [9.17, 15) is 0 Å². The number of para-hydroxylation sites is 5. The van der Waals surface area contributed by atoms with Crippen molar-refractivity contribution in [2.24, 2.45) is 0 Å². The molecule has 0 unspecified atom stereocenters. The van der Waals surface area contributed by atoms with Crippen molar-refractivity contribution >= 4 is 65.4 Å². The molecule has 3 nitrogen and oxygen atoms in total. The van der Waals surface area contributed by atoms with E-state index in [0.29, 0.717) is 0 Å². The third kappa shape index (κ3) is 6.07. The first kappa shape index (κ1) is 39.0. The molecular formula is C66H43N3. The third-order valence-electron chi connectivity index (χ3n) is 14.3. The summed E-state index contributed by atoms with van der Waals surface area (Å²) in [4.78, 5) is 0. The lowest BCUT2D eigenvalue weighted by molar-refractivity contribution is 1.17. The number of rotatable bonds is 7. The first-order valence-electron chi connectivity index (χ1n) is 23.8. The van der Waals surface area contributed by atoms with Gasteiger partial charge >= 0.3 is 0 Å². The molecule has 3 heteroatoms. The van der Waals surface area contributed by atoms with Crippen LogP contribution in [0.15, 0.2) is 261 Å². The van der Waals surface area contributed by atoms with E-state index in [1.54, 1.807) is 0 Å². The minimum absolute atomic E-state index is 1.14. The number of benzene rings is 11. The molecule has 0 atom stereocenters. The molecule has 0 fully saturated rings. The average Bonchev–Trinajstić information content (AvgIpc) is 4.07. The summed E-state index contributed by atoms with van der Waals surface area (Å²) in [5.41, 5.74) is 20.0. The molecular weight excluding hydrogens is 835 g/mol. The first-order chi connectivity index (χ1) is 34.3. The molecule has 14 rings (SSSR count). The average molecular weight is 878 g/mol. The maximum absolute atomic E-state index is 2.51. The van der Waals surface area contributed by atoms with Crippen LogP contribution in [0, 0.1) is 0 Å². The maximum atomic E-state index is 2.51. The molecule has 0 spiro atoms. The molecule has 0 amide bonds. The van der Waals surface area contributed by atoms with Gasteiger partial charge in [-0.15, -0.1) is 0 Å². The third-order valence-corrected chi connectivity index (χ3v) is 14.3. The lowest BCUT2D eigenvalue weighted by Gasteiger charge is -2.17. The summed E-state index contributed by atoms with van der Waals surface area (Å²) >= 11 is 0. The Morgan fingerprint density at radius 3 is 1.30 bits per heavy atom. The van der Waals surface area contributed by atoms with Gasteiger partial charge in [-0.05, 0) is 82.4 Å². The first-order valence-corrected chi connectivity index (χ1v) is 23.8. The van der Waals surface area contributed by atoms with Crippen LogP contribution in [-0.4, -0.2) is 13.7 Å². The smallest absolute Gasteiger partial charge is 0.0641 e. The molecule has 0 saturated heterocycles. The van der Waals surface area contributed by atoms with E-state index in [0.717, 1.165) is 17.1 Å². The molecule has 0 radical (unpaired) electrons. The van der Waals surface area contributed by atoms with Crippen molar-refractivity contribution in [1.29, 1.82) is 0 Å². The SMILES string of the molecule is c1ccc(-c2ccc(-c3ccccc3)c(-n3c4ccccc4c4cc(-c5ccccc5-n5c6ccccc6c6c5ccc5c7ccccc7n(-c7ccccc7-c7ccccc7)c56)ccc43)c2)cc1. The van der Waals surface area contributed by atoms with Gasteiger partial charge in [0.1, 0.15) is 0 Å². The van der Waals surface area contributed by atoms with Crippen molar-refractivity contribution in [3.8, 4) is 61.6 Å². The van der Waals surface area contributed by atoms with Gasteiger partial charge in [0.25, 0.3) is 0 Å². The Labute approximate surface area is 399 Å². The van der Waals surface area contributed by atoms with E-state index in [1.807, 2.05) is 0 Å². The number of hydrogen-bond acceptors (Lipinski definition) is 0. The second-order valence-electron chi connectivity index (χ2n) is 18.0. The topological polar surface area (TPSA) is 14.8 Å². The lowest BCUT2D eigenvalue weighted by Crippen LogP contribution is -1.99. The molecule has 11 aromatic carbocycles. The van der Waals surface area contributed by atoms with E-state index < -0.39 is 0 Å². The van der Waals surface area contributed by atoms with Gasteiger partial charge in [-0.2, -0.15) is 0 Å². The van der Waals surface area contributed by atoms with Crippen LogP contribution in [0.3, 0.4) is 0 Å². The van der Waals surface area contributed by atoms with Gasteiger partial charge in [-0.25, -0.2) is 0 Å². The van der Waals surface area contributed by atoms with Crippen molar-refractivity contribution in [2.45, 2.75) is 0 Å². The van der Waals surface area contributed by atoms with E-state index in [4.69, 9.17) is 0 Å². The summed E-state index contributed by atoms with van der Waals surface area (Å²) in [5, 5.41) is 7.38. The molecule has 14 aromatic rings. The zero-order valence-electron chi connectivity index (χ0n) is 37.7. The number of nitrogens with zero attached hydrogens (tertiary/aromatic N) is 3. The van der Waals surface area contributed by atoms with E-state index >= 15 is 0 Å². The maximum Gasteiger partial charge on any atom is 0.0641 e. The van der Waals surface area contributed by atoms with Crippen molar-refractivity contribution in [1.82, 2.24) is 13.7 Å². The van der Waals surface area contributed by atoms with Crippen LogP contribution in [0.4, 0.5) is 0 Å². The normalized spacial score (nSPS) is 11.8. The Bertz CT molecular complexity index is 4290. The Kier molecular flexibility index (Phi) is 8.90. The van der Waals surface area contributed by atoms with Gasteiger partial charge in [0.2, 0.25) is 0 Å². The van der Waals surface area contributed by atoms with Crippen LogP contribution >= 0.6 is 0 Å². The number of aromatic nitrogens is 3. The highest BCUT2D eigenvalue weighted by Crippen LogP contribution is 2.46. The van der Waals surface area contributed by atoms with Crippen LogP contribution < -0.4 is 0 Å². The fraction of sp³-hybridized carbons (Fsp3) is 0. The standard InChI is InChI=1S/C66H43N3/c1-4-20-44(21-5-1)47-36-38-51(46-24-8-3-9-25-46)64(43-47)68-59-33-17-13-29-53(59)56-42-48(37-40-62(56)68)50-27-11-15-31-57(50)67-61-35-19-14-30-55(61)65-63(67)41-39-54-52-28-12-18-34-60(52)69(66(54)65)58-32-16-10-26-49(58)45-22-6-2-7-23-45/h1-43H. The molecule has 3 heterocycles. The summed E-state index contributed by atoms with van der Waals surface area (Å²) in [6, 6.07) is 95.4. The Balaban J connectivity index is 1.01. The lowest BCUT2D eigenvalue weighted by atomic mass is 9.97. The predicted octanol–water partition coefficient (Wildman–Crippen LogP) is 17.6. The molecule has 0 aliphatic rings. The van der Waals surface area contributed by atoms with Crippen LogP contribution in [-0.2, 0) is 0 Å². The highest BCUT2D eigenvalue weighted by atomic mass is 15.0. The summed E-state index contributed by atoms with van der Waals surface area (Å²) in [7, 11) is 0. The summed E-state index contributed by atoms with van der Waals surface area (Å²) in [5.74, 6) is 0. The van der Waals surface area contributed by atoms with Crippen molar-refractivity contribution in [3.05, 3.63) is 261 Å². The fourth-order valence-corrected chi connectivity index (χ4v) is 11.3. The van der Waals surface area contributed by atoms with Crippen molar-refractivity contribution < 1.29 is 0 Å². The van der Waals surface area contributed by atoms with Crippen molar-refractivity contribution in [2.75, 3.05) is 0 Å². The van der Waals surface area contributed by atoms with Gasteiger partial charge in [0, 0.05) is 49.0 Å². The zero-order valence-corrected chi connectivity index (χ0v) is 37.7. The monoisotopic (exact) mass is 877 g/mol. The van der Waals surface area contributed by atoms with Crippen LogP contribution in [0.1, 0.15) is 0 Å². The molecule has 0 aliphatic heterocycles. The van der Waals surface area contributed by atoms with Crippen LogP contribution in [0.25, 0.3) is 127 Å². The van der Waals surface area contributed by atoms with Gasteiger partial charge in [-0.1, -0.05) is 206 Å². The zero-order chi connectivity index (χ0) is 45.4. The fourth-order valence-electron chi connectivity index (χ4n) is 11.3. The molecule has 0 saturated carbocycles. The second-order valence-corrected chi connectivity index (χ2v) is 18.0. The largest absolute Gasteiger partial charge is 0.309 e. The number of hydrogen-bond donors (Lipinski definition) is 0. The predicted molar refractivity (Wildman–Crippen MR) is 291 cm³/mol. The highest BCUT2D eigenvalue weighted by Gasteiger charge is 2.24.